The van der Waals surface area contributed by atoms with Crippen molar-refractivity contribution < 1.29 is 40.1 Å². The van der Waals surface area contributed by atoms with Gasteiger partial charge in [-0.25, -0.2) is 9.82 Å². The van der Waals surface area contributed by atoms with E-state index in [1.54, 1.807) is 24.3 Å². The number of hydrazone groups is 1. The Kier molecular flexibility index (Phi) is 7.56. The Labute approximate surface area is 197 Å². The molecule has 184 valence electrons. The van der Waals surface area contributed by atoms with Crippen LogP contribution in [0.1, 0.15) is 16.7 Å². The SMILES string of the molecule is COc1cccc(CC(=O)NN=Cc2cc(F)ccc2-c2cc(C(F)(F)F)ccc2S(=O)(=O)O)c1. The second-order valence-electron chi connectivity index (χ2n) is 7.24. The second-order valence-corrected chi connectivity index (χ2v) is 8.63. The number of nitrogens with one attached hydrogen (secondary N) is 1. The molecule has 0 aliphatic rings. The summed E-state index contributed by atoms with van der Waals surface area (Å²) in [6.07, 6.45) is -3.93. The van der Waals surface area contributed by atoms with E-state index in [0.717, 1.165) is 24.4 Å². The van der Waals surface area contributed by atoms with E-state index >= 15 is 0 Å². The fraction of sp³-hybridized carbons (Fsp3) is 0.130. The van der Waals surface area contributed by atoms with Crippen LogP contribution in [0.25, 0.3) is 11.1 Å². The van der Waals surface area contributed by atoms with Gasteiger partial charge in [0.1, 0.15) is 16.5 Å². The number of nitrogens with zero attached hydrogens (tertiary/aromatic N) is 1. The van der Waals surface area contributed by atoms with E-state index in [1.807, 2.05) is 0 Å². The molecule has 0 aromatic heterocycles. The molecule has 0 heterocycles. The van der Waals surface area contributed by atoms with Gasteiger partial charge < -0.3 is 4.74 Å². The first-order valence-electron chi connectivity index (χ1n) is 9.82. The van der Waals surface area contributed by atoms with Crippen LogP contribution in [0.5, 0.6) is 5.75 Å². The summed E-state index contributed by atoms with van der Waals surface area (Å²) < 4.78 is 91.8. The highest BCUT2D eigenvalue weighted by molar-refractivity contribution is 7.86. The molecule has 0 unspecified atom stereocenters. The van der Waals surface area contributed by atoms with Gasteiger partial charge in [0.15, 0.2) is 0 Å². The molecule has 0 saturated carbocycles. The van der Waals surface area contributed by atoms with Crippen molar-refractivity contribution in [3.05, 3.63) is 83.2 Å². The summed E-state index contributed by atoms with van der Waals surface area (Å²) in [7, 11) is -3.46. The lowest BCUT2D eigenvalue weighted by Gasteiger charge is -2.14. The first-order chi connectivity index (χ1) is 16.4. The highest BCUT2D eigenvalue weighted by Crippen LogP contribution is 2.36. The molecule has 0 aliphatic heterocycles. The zero-order valence-corrected chi connectivity index (χ0v) is 18.8. The fourth-order valence-corrected chi connectivity index (χ4v) is 3.90. The van der Waals surface area contributed by atoms with Crippen LogP contribution in [-0.4, -0.2) is 32.2 Å². The van der Waals surface area contributed by atoms with Gasteiger partial charge >= 0.3 is 6.18 Å². The molecule has 0 bridgehead atoms. The number of carbonyl (C=O) groups is 1. The lowest BCUT2D eigenvalue weighted by Crippen LogP contribution is -2.19. The van der Waals surface area contributed by atoms with Crippen molar-refractivity contribution in [3.8, 4) is 16.9 Å². The number of methoxy groups -OCH3 is 1. The topological polar surface area (TPSA) is 105 Å². The number of ether oxygens (including phenoxy) is 1. The zero-order valence-electron chi connectivity index (χ0n) is 18.0. The molecule has 1 amide bonds. The summed E-state index contributed by atoms with van der Waals surface area (Å²) in [5.41, 5.74) is 0.815. The molecule has 3 rings (SSSR count). The molecule has 3 aromatic carbocycles. The van der Waals surface area contributed by atoms with Gasteiger partial charge in [-0.1, -0.05) is 18.2 Å². The number of benzene rings is 3. The van der Waals surface area contributed by atoms with Gasteiger partial charge in [-0.05, 0) is 53.6 Å². The molecule has 0 aliphatic carbocycles. The second kappa shape index (κ2) is 10.2. The van der Waals surface area contributed by atoms with Crippen molar-refractivity contribution in [2.75, 3.05) is 7.11 Å². The zero-order chi connectivity index (χ0) is 25.8. The lowest BCUT2D eigenvalue weighted by molar-refractivity contribution is -0.137. The average Bonchev–Trinajstić information content (AvgIpc) is 2.77. The maximum Gasteiger partial charge on any atom is 0.416 e. The van der Waals surface area contributed by atoms with Crippen LogP contribution >= 0.6 is 0 Å². The van der Waals surface area contributed by atoms with Gasteiger partial charge in [0.25, 0.3) is 10.1 Å². The molecule has 0 saturated heterocycles. The molecule has 35 heavy (non-hydrogen) atoms. The summed E-state index contributed by atoms with van der Waals surface area (Å²) in [5, 5.41) is 3.71. The Morgan fingerprint density at radius 2 is 1.83 bits per heavy atom. The summed E-state index contributed by atoms with van der Waals surface area (Å²) in [6.45, 7) is 0. The number of alkyl halides is 3. The number of amides is 1. The van der Waals surface area contributed by atoms with Crippen molar-refractivity contribution in [3.63, 3.8) is 0 Å². The average molecular weight is 510 g/mol. The number of hydrogen-bond donors (Lipinski definition) is 2. The van der Waals surface area contributed by atoms with Crippen molar-refractivity contribution in [2.45, 2.75) is 17.5 Å². The number of rotatable bonds is 7. The number of halogens is 4. The number of carbonyl (C=O) groups excluding carboxylic acids is 1. The predicted molar refractivity (Wildman–Crippen MR) is 119 cm³/mol. The summed E-state index contributed by atoms with van der Waals surface area (Å²) in [5.74, 6) is -0.803. The standard InChI is InChI=1S/C23H18F4N2O5S/c1-34-18-4-2-3-14(9-18)10-22(30)29-28-13-15-11-17(24)6-7-19(15)20-12-16(23(25,26)27)5-8-21(20)35(31,32)33/h2-9,11-13H,10H2,1H3,(H,29,30)(H,31,32,33). The Hall–Kier alpha value is -3.77. The van der Waals surface area contributed by atoms with Gasteiger partial charge in [-0.2, -0.15) is 26.7 Å². The van der Waals surface area contributed by atoms with Crippen LogP contribution in [0.15, 0.2) is 70.7 Å². The van der Waals surface area contributed by atoms with Crippen LogP contribution in [0, 0.1) is 5.82 Å². The Balaban J connectivity index is 1.95. The van der Waals surface area contributed by atoms with Crippen molar-refractivity contribution in [1.82, 2.24) is 5.43 Å². The predicted octanol–water partition coefficient (Wildman–Crippen LogP) is 4.46. The molecule has 12 heteroatoms. The lowest BCUT2D eigenvalue weighted by atomic mass is 9.98. The molecule has 0 radical (unpaired) electrons. The van der Waals surface area contributed by atoms with E-state index in [9.17, 15) is 35.3 Å². The molecule has 3 aromatic rings. The smallest absolute Gasteiger partial charge is 0.416 e. The van der Waals surface area contributed by atoms with Gasteiger partial charge in [-0.3, -0.25) is 9.35 Å². The van der Waals surface area contributed by atoms with Gasteiger partial charge in [0, 0.05) is 11.1 Å². The monoisotopic (exact) mass is 510 g/mol. The summed E-state index contributed by atoms with van der Waals surface area (Å²) in [4.78, 5) is 11.4. The van der Waals surface area contributed by atoms with Crippen LogP contribution in [-0.2, 0) is 27.5 Å². The highest BCUT2D eigenvalue weighted by atomic mass is 32.2. The molecule has 0 fully saturated rings. The van der Waals surface area contributed by atoms with E-state index < -0.39 is 44.0 Å². The summed E-state index contributed by atoms with van der Waals surface area (Å²) in [6, 6.07) is 11.2. The molecule has 2 N–H and O–H groups in total. The van der Waals surface area contributed by atoms with Gasteiger partial charge in [-0.15, -0.1) is 0 Å². The van der Waals surface area contributed by atoms with Crippen LogP contribution in [0.4, 0.5) is 17.6 Å². The van der Waals surface area contributed by atoms with E-state index in [4.69, 9.17) is 4.74 Å². The number of hydrogen-bond acceptors (Lipinski definition) is 5. The highest BCUT2D eigenvalue weighted by Gasteiger charge is 2.32. The van der Waals surface area contributed by atoms with E-state index in [1.165, 1.54) is 7.11 Å². The largest absolute Gasteiger partial charge is 0.497 e. The third-order valence-corrected chi connectivity index (χ3v) is 5.69. The van der Waals surface area contributed by atoms with Crippen molar-refractivity contribution >= 4 is 22.2 Å². The maximum atomic E-state index is 13.9. The van der Waals surface area contributed by atoms with Gasteiger partial charge in [0.05, 0.1) is 25.3 Å². The molecule has 7 nitrogen and oxygen atoms in total. The minimum Gasteiger partial charge on any atom is -0.497 e. The minimum atomic E-state index is -4.93. The quantitative estimate of drug-likeness (QED) is 0.211. The molecule has 0 atom stereocenters. The maximum absolute atomic E-state index is 13.9. The molecular weight excluding hydrogens is 492 g/mol. The first-order valence-corrected chi connectivity index (χ1v) is 11.3. The molecule has 0 spiro atoms. The van der Waals surface area contributed by atoms with Crippen LogP contribution in [0.2, 0.25) is 0 Å². The Morgan fingerprint density at radius 1 is 1.09 bits per heavy atom. The third kappa shape index (κ3) is 6.64. The van der Waals surface area contributed by atoms with E-state index in [0.29, 0.717) is 29.5 Å². The van der Waals surface area contributed by atoms with Gasteiger partial charge in [0.2, 0.25) is 5.91 Å². The third-order valence-electron chi connectivity index (χ3n) is 4.78. The Bertz CT molecular complexity index is 1390. The van der Waals surface area contributed by atoms with E-state index in [2.05, 4.69) is 10.5 Å². The first kappa shape index (κ1) is 25.8. The molecular formula is C23H18F4N2O5S. The van der Waals surface area contributed by atoms with Crippen LogP contribution in [0.3, 0.4) is 0 Å². The normalized spacial score (nSPS) is 12.1. The fourth-order valence-electron chi connectivity index (χ4n) is 3.21. The summed E-state index contributed by atoms with van der Waals surface area (Å²) >= 11 is 0. The van der Waals surface area contributed by atoms with Crippen molar-refractivity contribution in [2.24, 2.45) is 5.10 Å². The van der Waals surface area contributed by atoms with Crippen molar-refractivity contribution in [1.29, 1.82) is 0 Å². The Morgan fingerprint density at radius 3 is 2.49 bits per heavy atom. The van der Waals surface area contributed by atoms with E-state index in [-0.39, 0.29) is 17.5 Å². The van der Waals surface area contributed by atoms with Crippen LogP contribution < -0.4 is 10.2 Å². The minimum absolute atomic E-state index is 0.0783.